The molecule has 7 nitrogen and oxygen atoms in total. The van der Waals surface area contributed by atoms with E-state index in [4.69, 9.17) is 10.5 Å². The van der Waals surface area contributed by atoms with Crippen LogP contribution in [0.25, 0.3) is 10.2 Å². The van der Waals surface area contributed by atoms with Gasteiger partial charge in [0.15, 0.2) is 5.82 Å². The average Bonchev–Trinajstić information content (AvgIpc) is 3.19. The third-order valence-electron chi connectivity index (χ3n) is 4.01. The number of aromatic nitrogens is 4. The molecule has 3 rings (SSSR count). The highest BCUT2D eigenvalue weighted by atomic mass is 32.1. The number of ether oxygens (including phenoxy) is 1. The van der Waals surface area contributed by atoms with Crippen LogP contribution < -0.4 is 5.73 Å². The van der Waals surface area contributed by atoms with E-state index in [0.29, 0.717) is 19.0 Å². The minimum atomic E-state index is -0.420. The minimum Gasteiger partial charge on any atom is -0.383 e. The maximum Gasteiger partial charge on any atom is 0.225 e. The van der Waals surface area contributed by atoms with Gasteiger partial charge < -0.3 is 10.5 Å². The number of amides is 1. The maximum absolute atomic E-state index is 11.1. The van der Waals surface area contributed by atoms with Crippen molar-refractivity contribution in [2.24, 2.45) is 5.73 Å². The molecule has 0 unspecified atom stereocenters. The number of benzene rings is 1. The van der Waals surface area contributed by atoms with Crippen molar-refractivity contribution >= 4 is 27.5 Å². The van der Waals surface area contributed by atoms with Gasteiger partial charge in [-0.25, -0.2) is 14.6 Å². The Bertz CT molecular complexity index is 840. The molecule has 0 saturated carbocycles. The first-order valence-corrected chi connectivity index (χ1v) is 9.51. The molecule has 2 heterocycles. The second-order valence-corrected chi connectivity index (χ2v) is 7.20. The zero-order valence-electron chi connectivity index (χ0n) is 14.9. The molecule has 26 heavy (non-hydrogen) atoms. The SMILES string of the molecule is COCCn1nc(CC(N)=O)nc1CCCCc1nc2ccccc2s1. The van der Waals surface area contributed by atoms with Crippen LogP contribution >= 0.6 is 11.3 Å². The number of hydrogen-bond acceptors (Lipinski definition) is 6. The fourth-order valence-electron chi connectivity index (χ4n) is 2.78. The van der Waals surface area contributed by atoms with E-state index in [2.05, 4.69) is 21.1 Å². The van der Waals surface area contributed by atoms with Crippen LogP contribution in [0.4, 0.5) is 0 Å². The van der Waals surface area contributed by atoms with Crippen molar-refractivity contribution in [2.75, 3.05) is 13.7 Å². The van der Waals surface area contributed by atoms with E-state index in [1.165, 1.54) is 9.71 Å². The third kappa shape index (κ3) is 4.86. The lowest BCUT2D eigenvalue weighted by atomic mass is 10.2. The van der Waals surface area contributed by atoms with Crippen molar-refractivity contribution in [2.45, 2.75) is 38.6 Å². The first-order chi connectivity index (χ1) is 12.7. The molecule has 0 radical (unpaired) electrons. The number of carbonyl (C=O) groups excluding carboxylic acids is 1. The number of thiazole rings is 1. The Kier molecular flexibility index (Phi) is 6.30. The highest BCUT2D eigenvalue weighted by Gasteiger charge is 2.12. The number of carbonyl (C=O) groups is 1. The summed E-state index contributed by atoms with van der Waals surface area (Å²) in [5.41, 5.74) is 6.32. The van der Waals surface area contributed by atoms with E-state index >= 15 is 0 Å². The standard InChI is InChI=1S/C18H23N5O2S/c1-25-11-10-23-17(21-16(22-23)12-15(19)24)8-4-5-9-18-20-13-6-2-3-7-14(13)26-18/h2-3,6-7H,4-5,8-12H2,1H3,(H2,19,24). The van der Waals surface area contributed by atoms with Crippen LogP contribution in [0.3, 0.4) is 0 Å². The molecule has 0 aliphatic rings. The van der Waals surface area contributed by atoms with Crippen molar-refractivity contribution in [1.82, 2.24) is 19.7 Å². The number of primary amides is 1. The largest absolute Gasteiger partial charge is 0.383 e. The number of para-hydroxylation sites is 1. The molecule has 1 amide bonds. The summed E-state index contributed by atoms with van der Waals surface area (Å²) in [6.45, 7) is 1.17. The predicted octanol–water partition coefficient (Wildman–Crippen LogP) is 2.13. The lowest BCUT2D eigenvalue weighted by Crippen LogP contribution is -2.15. The summed E-state index contributed by atoms with van der Waals surface area (Å²) in [7, 11) is 1.65. The molecule has 138 valence electrons. The van der Waals surface area contributed by atoms with E-state index in [1.807, 2.05) is 22.9 Å². The van der Waals surface area contributed by atoms with Gasteiger partial charge in [0.2, 0.25) is 5.91 Å². The molecule has 0 spiro atoms. The molecule has 0 bridgehead atoms. The van der Waals surface area contributed by atoms with Gasteiger partial charge in [0, 0.05) is 13.5 Å². The Morgan fingerprint density at radius 1 is 1.23 bits per heavy atom. The van der Waals surface area contributed by atoms with E-state index in [-0.39, 0.29) is 6.42 Å². The Morgan fingerprint density at radius 2 is 2.04 bits per heavy atom. The molecular formula is C18H23N5O2S. The summed E-state index contributed by atoms with van der Waals surface area (Å²) in [6, 6.07) is 8.21. The van der Waals surface area contributed by atoms with E-state index in [9.17, 15) is 4.79 Å². The van der Waals surface area contributed by atoms with Crippen LogP contribution in [0.2, 0.25) is 0 Å². The Balaban J connectivity index is 1.55. The number of methoxy groups -OCH3 is 1. The summed E-state index contributed by atoms with van der Waals surface area (Å²) < 4.78 is 8.17. The number of unbranched alkanes of at least 4 members (excludes halogenated alkanes) is 1. The second-order valence-electron chi connectivity index (χ2n) is 6.09. The minimum absolute atomic E-state index is 0.0681. The van der Waals surface area contributed by atoms with Gasteiger partial charge in [0.05, 0.1) is 34.8 Å². The van der Waals surface area contributed by atoms with Gasteiger partial charge >= 0.3 is 0 Å². The molecule has 0 aliphatic carbocycles. The molecule has 0 aliphatic heterocycles. The lowest BCUT2D eigenvalue weighted by Gasteiger charge is -2.04. The van der Waals surface area contributed by atoms with Gasteiger partial charge in [0.25, 0.3) is 0 Å². The summed E-state index contributed by atoms with van der Waals surface area (Å²) in [5.74, 6) is 0.939. The molecule has 0 atom stereocenters. The quantitative estimate of drug-likeness (QED) is 0.549. The van der Waals surface area contributed by atoms with Gasteiger partial charge in [-0.3, -0.25) is 4.79 Å². The molecular weight excluding hydrogens is 350 g/mol. The van der Waals surface area contributed by atoms with Gasteiger partial charge in [-0.2, -0.15) is 5.10 Å². The van der Waals surface area contributed by atoms with Crippen LogP contribution in [0.15, 0.2) is 24.3 Å². The topological polar surface area (TPSA) is 95.9 Å². The molecule has 8 heteroatoms. The summed E-state index contributed by atoms with van der Waals surface area (Å²) in [6.07, 6.45) is 3.85. The zero-order valence-corrected chi connectivity index (χ0v) is 15.7. The number of nitrogens with two attached hydrogens (primary N) is 1. The Morgan fingerprint density at radius 3 is 2.81 bits per heavy atom. The van der Waals surface area contributed by atoms with Gasteiger partial charge in [-0.1, -0.05) is 12.1 Å². The van der Waals surface area contributed by atoms with Crippen LogP contribution in [-0.2, 0) is 35.3 Å². The van der Waals surface area contributed by atoms with Crippen LogP contribution in [0, 0.1) is 0 Å². The molecule has 0 fully saturated rings. The van der Waals surface area contributed by atoms with Crippen LogP contribution in [-0.4, -0.2) is 39.4 Å². The fraction of sp³-hybridized carbons (Fsp3) is 0.444. The smallest absolute Gasteiger partial charge is 0.225 e. The van der Waals surface area contributed by atoms with E-state index in [0.717, 1.165) is 37.0 Å². The number of nitrogens with zero attached hydrogens (tertiary/aromatic N) is 4. The Hall–Kier alpha value is -2.32. The fourth-order valence-corrected chi connectivity index (χ4v) is 3.79. The van der Waals surface area contributed by atoms with E-state index < -0.39 is 5.91 Å². The monoisotopic (exact) mass is 373 g/mol. The van der Waals surface area contributed by atoms with E-state index in [1.54, 1.807) is 18.4 Å². The predicted molar refractivity (Wildman–Crippen MR) is 101 cm³/mol. The molecule has 1 aromatic carbocycles. The first kappa shape index (κ1) is 18.5. The summed E-state index contributed by atoms with van der Waals surface area (Å²) in [5, 5.41) is 5.54. The summed E-state index contributed by atoms with van der Waals surface area (Å²) >= 11 is 1.76. The van der Waals surface area contributed by atoms with Crippen molar-refractivity contribution in [3.05, 3.63) is 40.9 Å². The number of fused-ring (bicyclic) bond motifs is 1. The average molecular weight is 373 g/mol. The van der Waals surface area contributed by atoms with Crippen molar-refractivity contribution in [1.29, 1.82) is 0 Å². The van der Waals surface area contributed by atoms with Crippen LogP contribution in [0.1, 0.15) is 29.5 Å². The van der Waals surface area contributed by atoms with Gasteiger partial charge in [-0.15, -0.1) is 11.3 Å². The van der Waals surface area contributed by atoms with Crippen LogP contribution in [0.5, 0.6) is 0 Å². The maximum atomic E-state index is 11.1. The number of aryl methyl sites for hydroxylation is 2. The molecule has 0 saturated heterocycles. The molecule has 3 aromatic rings. The third-order valence-corrected chi connectivity index (χ3v) is 5.11. The van der Waals surface area contributed by atoms with Gasteiger partial charge in [0.1, 0.15) is 5.82 Å². The highest BCUT2D eigenvalue weighted by Crippen LogP contribution is 2.22. The summed E-state index contributed by atoms with van der Waals surface area (Å²) in [4.78, 5) is 20.2. The van der Waals surface area contributed by atoms with Gasteiger partial charge in [-0.05, 0) is 31.4 Å². The van der Waals surface area contributed by atoms with Crippen molar-refractivity contribution < 1.29 is 9.53 Å². The number of hydrogen-bond donors (Lipinski definition) is 1. The Labute approximate surface area is 156 Å². The molecule has 2 N–H and O–H groups in total. The zero-order chi connectivity index (χ0) is 18.4. The lowest BCUT2D eigenvalue weighted by molar-refractivity contribution is -0.117. The normalized spacial score (nSPS) is 11.3. The highest BCUT2D eigenvalue weighted by molar-refractivity contribution is 7.18. The van der Waals surface area contributed by atoms with Crippen molar-refractivity contribution in [3.8, 4) is 0 Å². The van der Waals surface area contributed by atoms with Crippen molar-refractivity contribution in [3.63, 3.8) is 0 Å². The molecule has 2 aromatic heterocycles. The number of rotatable bonds is 10. The second kappa shape index (κ2) is 8.86. The first-order valence-electron chi connectivity index (χ1n) is 8.70.